The zero-order valence-corrected chi connectivity index (χ0v) is 9.25. The van der Waals surface area contributed by atoms with Gasteiger partial charge in [0.2, 0.25) is 0 Å². The SMILES string of the molecule is CCCOC(Cl)c1ccccc1OC. The molecule has 0 fully saturated rings. The van der Waals surface area contributed by atoms with E-state index in [-0.39, 0.29) is 0 Å². The summed E-state index contributed by atoms with van der Waals surface area (Å²) in [6.07, 6.45) is 0.957. The molecule has 1 aromatic carbocycles. The molecule has 14 heavy (non-hydrogen) atoms. The van der Waals surface area contributed by atoms with Crippen molar-refractivity contribution in [1.29, 1.82) is 0 Å². The van der Waals surface area contributed by atoms with Crippen LogP contribution in [0.5, 0.6) is 5.75 Å². The van der Waals surface area contributed by atoms with Crippen molar-refractivity contribution in [1.82, 2.24) is 0 Å². The number of ether oxygens (including phenoxy) is 2. The topological polar surface area (TPSA) is 18.5 Å². The second-order valence-corrected chi connectivity index (χ2v) is 3.33. The van der Waals surface area contributed by atoms with Gasteiger partial charge in [0.25, 0.3) is 0 Å². The van der Waals surface area contributed by atoms with Crippen LogP contribution < -0.4 is 4.74 Å². The molecular formula is C11H15ClO2. The van der Waals surface area contributed by atoms with Gasteiger partial charge in [-0.2, -0.15) is 0 Å². The van der Waals surface area contributed by atoms with Crippen molar-refractivity contribution in [2.24, 2.45) is 0 Å². The van der Waals surface area contributed by atoms with E-state index in [2.05, 4.69) is 0 Å². The quantitative estimate of drug-likeness (QED) is 0.700. The number of methoxy groups -OCH3 is 1. The van der Waals surface area contributed by atoms with Gasteiger partial charge in [-0.3, -0.25) is 0 Å². The van der Waals surface area contributed by atoms with Gasteiger partial charge in [0.15, 0.2) is 5.56 Å². The molecule has 78 valence electrons. The summed E-state index contributed by atoms with van der Waals surface area (Å²) in [7, 11) is 1.63. The molecule has 1 unspecified atom stereocenters. The van der Waals surface area contributed by atoms with Crippen LogP contribution in [-0.2, 0) is 4.74 Å². The van der Waals surface area contributed by atoms with E-state index >= 15 is 0 Å². The van der Waals surface area contributed by atoms with Crippen molar-refractivity contribution in [3.8, 4) is 5.75 Å². The van der Waals surface area contributed by atoms with Gasteiger partial charge in [-0.15, -0.1) is 0 Å². The normalized spacial score (nSPS) is 12.5. The first-order chi connectivity index (χ1) is 6.79. The number of hydrogen-bond donors (Lipinski definition) is 0. The highest BCUT2D eigenvalue weighted by molar-refractivity contribution is 6.20. The molecule has 0 aliphatic rings. The smallest absolute Gasteiger partial charge is 0.160 e. The second kappa shape index (κ2) is 5.89. The number of hydrogen-bond acceptors (Lipinski definition) is 2. The third-order valence-electron chi connectivity index (χ3n) is 1.85. The number of alkyl halides is 1. The maximum Gasteiger partial charge on any atom is 0.160 e. The first-order valence-corrected chi connectivity index (χ1v) is 5.11. The van der Waals surface area contributed by atoms with Gasteiger partial charge < -0.3 is 9.47 Å². The molecule has 0 aliphatic heterocycles. The van der Waals surface area contributed by atoms with Crippen molar-refractivity contribution in [3.05, 3.63) is 29.8 Å². The first-order valence-electron chi connectivity index (χ1n) is 4.68. The summed E-state index contributed by atoms with van der Waals surface area (Å²) in [5, 5.41) is 0. The molecule has 0 bridgehead atoms. The van der Waals surface area contributed by atoms with Gasteiger partial charge >= 0.3 is 0 Å². The Balaban J connectivity index is 2.72. The van der Waals surface area contributed by atoms with E-state index in [1.54, 1.807) is 7.11 Å². The molecule has 1 atom stereocenters. The summed E-state index contributed by atoms with van der Waals surface area (Å²) in [5.74, 6) is 0.767. The van der Waals surface area contributed by atoms with Crippen molar-refractivity contribution in [3.63, 3.8) is 0 Å². The summed E-state index contributed by atoms with van der Waals surface area (Å²) in [6.45, 7) is 2.71. The predicted octanol–water partition coefficient (Wildman–Crippen LogP) is 3.36. The molecule has 0 aliphatic carbocycles. The minimum Gasteiger partial charge on any atom is -0.496 e. The zero-order valence-electron chi connectivity index (χ0n) is 8.50. The highest BCUT2D eigenvalue weighted by Crippen LogP contribution is 2.30. The molecular weight excluding hydrogens is 200 g/mol. The van der Waals surface area contributed by atoms with Crippen LogP contribution in [0.3, 0.4) is 0 Å². The molecule has 3 heteroatoms. The largest absolute Gasteiger partial charge is 0.496 e. The Morgan fingerprint density at radius 2 is 2.07 bits per heavy atom. The van der Waals surface area contributed by atoms with Crippen LogP contribution in [0.15, 0.2) is 24.3 Å². The fourth-order valence-electron chi connectivity index (χ4n) is 1.17. The van der Waals surface area contributed by atoms with E-state index in [1.807, 2.05) is 31.2 Å². The van der Waals surface area contributed by atoms with Gasteiger partial charge in [-0.05, 0) is 12.5 Å². The van der Waals surface area contributed by atoms with Crippen LogP contribution in [0, 0.1) is 0 Å². The van der Waals surface area contributed by atoms with Crippen molar-refractivity contribution >= 4 is 11.6 Å². The molecule has 1 aromatic rings. The number of para-hydroxylation sites is 1. The maximum absolute atomic E-state index is 6.07. The molecule has 0 radical (unpaired) electrons. The van der Waals surface area contributed by atoms with Crippen LogP contribution in [0.1, 0.15) is 24.5 Å². The number of halogens is 1. The lowest BCUT2D eigenvalue weighted by Gasteiger charge is -2.13. The van der Waals surface area contributed by atoms with Crippen LogP contribution in [0.4, 0.5) is 0 Å². The van der Waals surface area contributed by atoms with E-state index in [9.17, 15) is 0 Å². The third-order valence-corrected chi connectivity index (χ3v) is 2.21. The van der Waals surface area contributed by atoms with E-state index in [4.69, 9.17) is 21.1 Å². The standard InChI is InChI=1S/C11H15ClO2/c1-3-8-14-11(12)9-6-4-5-7-10(9)13-2/h4-7,11H,3,8H2,1-2H3. The average molecular weight is 215 g/mol. The Morgan fingerprint density at radius 3 is 2.71 bits per heavy atom. The van der Waals surface area contributed by atoms with Crippen molar-refractivity contribution in [2.75, 3.05) is 13.7 Å². The Labute approximate surface area is 89.8 Å². The third kappa shape index (κ3) is 2.89. The maximum atomic E-state index is 6.07. The molecule has 0 saturated carbocycles. The molecule has 0 aromatic heterocycles. The molecule has 0 heterocycles. The van der Waals surface area contributed by atoms with Crippen molar-refractivity contribution < 1.29 is 9.47 Å². The summed E-state index contributed by atoms with van der Waals surface area (Å²) >= 11 is 6.07. The highest BCUT2D eigenvalue weighted by Gasteiger charge is 2.12. The lowest BCUT2D eigenvalue weighted by atomic mass is 10.2. The van der Waals surface area contributed by atoms with Crippen LogP contribution >= 0.6 is 11.6 Å². The monoisotopic (exact) mass is 214 g/mol. The fourth-order valence-corrected chi connectivity index (χ4v) is 1.43. The van der Waals surface area contributed by atoms with Crippen LogP contribution in [-0.4, -0.2) is 13.7 Å². The summed E-state index contributed by atoms with van der Waals surface area (Å²) < 4.78 is 10.6. The Kier molecular flexibility index (Phi) is 4.77. The molecule has 0 spiro atoms. The van der Waals surface area contributed by atoms with Crippen LogP contribution in [0.2, 0.25) is 0 Å². The molecule has 0 saturated heterocycles. The van der Waals surface area contributed by atoms with Gasteiger partial charge in [0, 0.05) is 12.2 Å². The van der Waals surface area contributed by atoms with Gasteiger partial charge in [-0.25, -0.2) is 0 Å². The Hall–Kier alpha value is -0.730. The van der Waals surface area contributed by atoms with E-state index in [0.29, 0.717) is 6.61 Å². The van der Waals surface area contributed by atoms with E-state index in [0.717, 1.165) is 17.7 Å². The average Bonchev–Trinajstić information content (AvgIpc) is 2.25. The summed E-state index contributed by atoms with van der Waals surface area (Å²) in [4.78, 5) is 0. The number of rotatable bonds is 5. The lowest BCUT2D eigenvalue weighted by molar-refractivity contribution is 0.107. The van der Waals surface area contributed by atoms with Gasteiger partial charge in [-0.1, -0.05) is 36.7 Å². The van der Waals surface area contributed by atoms with Gasteiger partial charge in [0.05, 0.1) is 7.11 Å². The molecule has 0 amide bonds. The molecule has 1 rings (SSSR count). The lowest BCUT2D eigenvalue weighted by Crippen LogP contribution is -2.00. The molecule has 0 N–H and O–H groups in total. The Bertz CT molecular complexity index is 276. The van der Waals surface area contributed by atoms with Gasteiger partial charge in [0.1, 0.15) is 5.75 Å². The van der Waals surface area contributed by atoms with Crippen LogP contribution in [0.25, 0.3) is 0 Å². The first kappa shape index (κ1) is 11.3. The summed E-state index contributed by atoms with van der Waals surface area (Å²) in [6, 6.07) is 7.61. The number of benzene rings is 1. The summed E-state index contributed by atoms with van der Waals surface area (Å²) in [5.41, 5.74) is 0.455. The zero-order chi connectivity index (χ0) is 10.4. The van der Waals surface area contributed by atoms with E-state index in [1.165, 1.54) is 0 Å². The highest BCUT2D eigenvalue weighted by atomic mass is 35.5. The fraction of sp³-hybridized carbons (Fsp3) is 0.455. The minimum atomic E-state index is -0.425. The predicted molar refractivity (Wildman–Crippen MR) is 57.8 cm³/mol. The van der Waals surface area contributed by atoms with E-state index < -0.39 is 5.56 Å². The molecule has 2 nitrogen and oxygen atoms in total. The van der Waals surface area contributed by atoms with Crippen molar-refractivity contribution in [2.45, 2.75) is 18.9 Å². The second-order valence-electron chi connectivity index (χ2n) is 2.93. The minimum absolute atomic E-state index is 0.425. The Morgan fingerprint density at radius 1 is 1.36 bits per heavy atom.